The molecule has 2 aromatic heterocycles. The summed E-state index contributed by atoms with van der Waals surface area (Å²) in [5, 5.41) is 3.55. The van der Waals surface area contributed by atoms with Crippen molar-refractivity contribution >= 4 is 0 Å². The highest BCUT2D eigenvalue weighted by Gasteiger charge is 2.20. The lowest BCUT2D eigenvalue weighted by Gasteiger charge is -2.13. The number of nitrogens with zero attached hydrogens (tertiary/aromatic N) is 3. The van der Waals surface area contributed by atoms with Gasteiger partial charge in [-0.1, -0.05) is 30.3 Å². The number of aromatic nitrogens is 4. The molecule has 5 nitrogen and oxygen atoms in total. The molecule has 22 heavy (non-hydrogen) atoms. The highest BCUT2D eigenvalue weighted by molar-refractivity contribution is 5.75. The zero-order chi connectivity index (χ0) is 14.8. The van der Waals surface area contributed by atoms with Gasteiger partial charge in [-0.25, -0.2) is 9.97 Å². The maximum absolute atomic E-state index is 4.66. The van der Waals surface area contributed by atoms with Crippen LogP contribution in [0.15, 0.2) is 49.1 Å². The van der Waals surface area contributed by atoms with Gasteiger partial charge in [0.25, 0.3) is 0 Å². The molecule has 1 aromatic carbocycles. The number of imidazole rings is 2. The fraction of sp³-hybridized carbons (Fsp3) is 0.294. The predicted octanol–water partition coefficient (Wildman–Crippen LogP) is 2.69. The Morgan fingerprint density at radius 3 is 2.82 bits per heavy atom. The van der Waals surface area contributed by atoms with Crippen molar-refractivity contribution in [2.75, 3.05) is 6.54 Å². The molecular weight excluding hydrogens is 274 g/mol. The first-order chi connectivity index (χ1) is 10.9. The minimum atomic E-state index is 0.520. The molecule has 5 heteroatoms. The molecule has 0 amide bonds. The third kappa shape index (κ3) is 2.44. The van der Waals surface area contributed by atoms with Crippen molar-refractivity contribution < 1.29 is 0 Å². The second kappa shape index (κ2) is 5.77. The summed E-state index contributed by atoms with van der Waals surface area (Å²) in [6.45, 7) is 2.04. The van der Waals surface area contributed by atoms with E-state index in [4.69, 9.17) is 0 Å². The Bertz CT molecular complexity index is 724. The molecule has 0 saturated carbocycles. The molecule has 0 radical (unpaired) electrons. The zero-order valence-electron chi connectivity index (χ0n) is 12.4. The monoisotopic (exact) mass is 293 g/mol. The smallest absolute Gasteiger partial charge is 0.156 e. The summed E-state index contributed by atoms with van der Waals surface area (Å²) >= 11 is 0. The lowest BCUT2D eigenvalue weighted by atomic mass is 10.1. The Kier molecular flexibility index (Phi) is 3.48. The number of hydrogen-bond donors (Lipinski definition) is 2. The third-order valence-electron chi connectivity index (χ3n) is 4.19. The third-order valence-corrected chi connectivity index (χ3v) is 4.19. The Hall–Kier alpha value is -2.40. The SMILES string of the molecule is c1ccc(-c2ncn(C[C@H]3CCCN3)c2-c2ncc[nH]2)cc1. The lowest BCUT2D eigenvalue weighted by Crippen LogP contribution is -2.26. The van der Waals surface area contributed by atoms with E-state index in [0.29, 0.717) is 6.04 Å². The van der Waals surface area contributed by atoms with E-state index >= 15 is 0 Å². The molecule has 1 atom stereocenters. The number of nitrogens with one attached hydrogen (secondary N) is 2. The molecule has 1 saturated heterocycles. The molecule has 0 unspecified atom stereocenters. The van der Waals surface area contributed by atoms with Crippen molar-refractivity contribution in [1.29, 1.82) is 0 Å². The minimum absolute atomic E-state index is 0.520. The van der Waals surface area contributed by atoms with E-state index < -0.39 is 0 Å². The number of hydrogen-bond acceptors (Lipinski definition) is 3. The van der Waals surface area contributed by atoms with Gasteiger partial charge in [-0.15, -0.1) is 0 Å². The average molecular weight is 293 g/mol. The molecule has 0 spiro atoms. The quantitative estimate of drug-likeness (QED) is 0.777. The Morgan fingerprint density at radius 1 is 1.18 bits per heavy atom. The van der Waals surface area contributed by atoms with E-state index in [0.717, 1.165) is 35.9 Å². The molecule has 4 rings (SSSR count). The standard InChI is InChI=1S/C17H19N5/c1-2-5-13(6-3-1)15-16(17-19-9-10-20-17)22(12-21-15)11-14-7-4-8-18-14/h1-3,5-6,9-10,12,14,18H,4,7-8,11H2,(H,19,20)/t14-/m1/s1. The number of rotatable bonds is 4. The summed E-state index contributed by atoms with van der Waals surface area (Å²) in [5.74, 6) is 0.870. The van der Waals surface area contributed by atoms with Crippen LogP contribution >= 0.6 is 0 Å². The van der Waals surface area contributed by atoms with Gasteiger partial charge in [0.05, 0.1) is 12.0 Å². The first-order valence-electron chi connectivity index (χ1n) is 7.75. The maximum Gasteiger partial charge on any atom is 0.156 e. The van der Waals surface area contributed by atoms with Crippen LogP contribution in [0.1, 0.15) is 12.8 Å². The first-order valence-corrected chi connectivity index (χ1v) is 7.75. The van der Waals surface area contributed by atoms with Gasteiger partial charge in [0.1, 0.15) is 5.69 Å². The van der Waals surface area contributed by atoms with Crippen molar-refractivity contribution in [2.24, 2.45) is 0 Å². The van der Waals surface area contributed by atoms with E-state index in [1.54, 1.807) is 6.20 Å². The summed E-state index contributed by atoms with van der Waals surface area (Å²) in [4.78, 5) is 12.3. The fourth-order valence-corrected chi connectivity index (χ4v) is 3.12. The maximum atomic E-state index is 4.66. The molecule has 2 N–H and O–H groups in total. The highest BCUT2D eigenvalue weighted by Crippen LogP contribution is 2.29. The topological polar surface area (TPSA) is 58.5 Å². The Balaban J connectivity index is 1.77. The summed E-state index contributed by atoms with van der Waals surface area (Å²) in [5.41, 5.74) is 3.16. The van der Waals surface area contributed by atoms with Crippen LogP contribution in [0.25, 0.3) is 22.8 Å². The number of benzene rings is 1. The molecule has 0 aliphatic carbocycles. The van der Waals surface area contributed by atoms with Crippen LogP contribution in [0, 0.1) is 0 Å². The number of aromatic amines is 1. The molecule has 0 bridgehead atoms. The second-order valence-electron chi connectivity index (χ2n) is 5.69. The van der Waals surface area contributed by atoms with Gasteiger partial charge in [0.2, 0.25) is 0 Å². The molecule has 112 valence electrons. The van der Waals surface area contributed by atoms with Crippen molar-refractivity contribution in [3.8, 4) is 22.8 Å². The van der Waals surface area contributed by atoms with Gasteiger partial charge in [0, 0.05) is 30.5 Å². The minimum Gasteiger partial charge on any atom is -0.343 e. The van der Waals surface area contributed by atoms with Gasteiger partial charge in [-0.3, -0.25) is 0 Å². The number of H-pyrrole nitrogens is 1. The van der Waals surface area contributed by atoms with Gasteiger partial charge < -0.3 is 14.9 Å². The molecule has 1 fully saturated rings. The average Bonchev–Trinajstić information content (AvgIpc) is 3.30. The van der Waals surface area contributed by atoms with Crippen LogP contribution < -0.4 is 5.32 Å². The van der Waals surface area contributed by atoms with Crippen LogP contribution in [0.3, 0.4) is 0 Å². The van der Waals surface area contributed by atoms with Gasteiger partial charge >= 0.3 is 0 Å². The van der Waals surface area contributed by atoms with Crippen molar-refractivity contribution in [2.45, 2.75) is 25.4 Å². The van der Waals surface area contributed by atoms with Crippen molar-refractivity contribution in [3.05, 3.63) is 49.1 Å². The Morgan fingerprint density at radius 2 is 2.09 bits per heavy atom. The van der Waals surface area contributed by atoms with Gasteiger partial charge in [-0.2, -0.15) is 0 Å². The predicted molar refractivity (Wildman–Crippen MR) is 86.3 cm³/mol. The molecular formula is C17H19N5. The summed E-state index contributed by atoms with van der Waals surface area (Å²) < 4.78 is 2.21. The van der Waals surface area contributed by atoms with E-state index in [2.05, 4.69) is 37.0 Å². The molecule has 1 aliphatic rings. The van der Waals surface area contributed by atoms with Crippen molar-refractivity contribution in [1.82, 2.24) is 24.8 Å². The van der Waals surface area contributed by atoms with E-state index in [1.165, 1.54) is 12.8 Å². The molecule has 3 heterocycles. The second-order valence-corrected chi connectivity index (χ2v) is 5.69. The Labute approximate surface area is 129 Å². The zero-order valence-corrected chi connectivity index (χ0v) is 12.4. The van der Waals surface area contributed by atoms with Crippen LogP contribution in [-0.4, -0.2) is 32.1 Å². The highest BCUT2D eigenvalue weighted by atomic mass is 15.1. The largest absolute Gasteiger partial charge is 0.343 e. The van der Waals surface area contributed by atoms with E-state index in [-0.39, 0.29) is 0 Å². The molecule has 3 aromatic rings. The fourth-order valence-electron chi connectivity index (χ4n) is 3.12. The van der Waals surface area contributed by atoms with Crippen LogP contribution in [0.5, 0.6) is 0 Å². The first kappa shape index (κ1) is 13.3. The van der Waals surface area contributed by atoms with Crippen LogP contribution in [0.4, 0.5) is 0 Å². The normalized spacial score (nSPS) is 17.9. The van der Waals surface area contributed by atoms with Gasteiger partial charge in [0.15, 0.2) is 5.82 Å². The van der Waals surface area contributed by atoms with Gasteiger partial charge in [-0.05, 0) is 19.4 Å². The van der Waals surface area contributed by atoms with Crippen LogP contribution in [0.2, 0.25) is 0 Å². The molecule has 1 aliphatic heterocycles. The van der Waals surface area contributed by atoms with E-state index in [9.17, 15) is 0 Å². The summed E-state index contributed by atoms with van der Waals surface area (Å²) in [6.07, 6.45) is 8.04. The lowest BCUT2D eigenvalue weighted by molar-refractivity contribution is 0.511. The van der Waals surface area contributed by atoms with Crippen molar-refractivity contribution in [3.63, 3.8) is 0 Å². The van der Waals surface area contributed by atoms with E-state index in [1.807, 2.05) is 30.7 Å². The summed E-state index contributed by atoms with van der Waals surface area (Å²) in [6, 6.07) is 10.8. The van der Waals surface area contributed by atoms with Crippen LogP contribution in [-0.2, 0) is 6.54 Å². The summed E-state index contributed by atoms with van der Waals surface area (Å²) in [7, 11) is 0.